The summed E-state index contributed by atoms with van der Waals surface area (Å²) in [7, 11) is 1.87. The molecule has 0 aliphatic carbocycles. The third kappa shape index (κ3) is 3.10. The zero-order valence-corrected chi connectivity index (χ0v) is 11.8. The number of aryl methyl sites for hydroxylation is 1. The van der Waals surface area contributed by atoms with Crippen LogP contribution in [0.1, 0.15) is 36.7 Å². The highest BCUT2D eigenvalue weighted by molar-refractivity contribution is 5.93. The Morgan fingerprint density at radius 3 is 2.84 bits per heavy atom. The Bertz CT molecular complexity index is 436. The van der Waals surface area contributed by atoms with E-state index in [1.54, 1.807) is 6.07 Å². The maximum Gasteiger partial charge on any atom is 0.270 e. The summed E-state index contributed by atoms with van der Waals surface area (Å²) in [6.07, 6.45) is 4.64. The van der Waals surface area contributed by atoms with Gasteiger partial charge in [-0.25, -0.2) is 0 Å². The van der Waals surface area contributed by atoms with Gasteiger partial charge in [-0.3, -0.25) is 4.79 Å². The number of rotatable bonds is 4. The van der Waals surface area contributed by atoms with E-state index < -0.39 is 0 Å². The van der Waals surface area contributed by atoms with Gasteiger partial charge >= 0.3 is 0 Å². The van der Waals surface area contributed by atoms with Crippen molar-refractivity contribution < 1.29 is 9.53 Å². The summed E-state index contributed by atoms with van der Waals surface area (Å²) in [6.45, 7) is 4.38. The van der Waals surface area contributed by atoms with Crippen LogP contribution in [0.4, 0.5) is 5.69 Å². The highest BCUT2D eigenvalue weighted by Gasteiger charge is 2.25. The number of nitrogen functional groups attached to an aromatic ring is 1. The van der Waals surface area contributed by atoms with E-state index in [2.05, 4.69) is 6.92 Å². The summed E-state index contributed by atoms with van der Waals surface area (Å²) in [5.74, 6) is 0.0528. The van der Waals surface area contributed by atoms with Crippen LogP contribution in [0.25, 0.3) is 0 Å². The molecule has 1 aromatic heterocycles. The first-order valence-corrected chi connectivity index (χ1v) is 6.94. The largest absolute Gasteiger partial charge is 0.397 e. The number of ether oxygens (including phenoxy) is 1. The third-order valence-corrected chi connectivity index (χ3v) is 3.66. The van der Waals surface area contributed by atoms with Crippen molar-refractivity contribution in [1.82, 2.24) is 9.47 Å². The summed E-state index contributed by atoms with van der Waals surface area (Å²) < 4.78 is 7.29. The first kappa shape index (κ1) is 13.9. The van der Waals surface area contributed by atoms with Crippen molar-refractivity contribution in [3.63, 3.8) is 0 Å². The van der Waals surface area contributed by atoms with Crippen LogP contribution in [0, 0.1) is 0 Å². The van der Waals surface area contributed by atoms with Crippen LogP contribution >= 0.6 is 0 Å². The lowest BCUT2D eigenvalue weighted by atomic mass is 10.1. The lowest BCUT2D eigenvalue weighted by Crippen LogP contribution is -2.41. The fourth-order valence-corrected chi connectivity index (χ4v) is 2.56. The average Bonchev–Trinajstić information content (AvgIpc) is 2.79. The number of amides is 1. The van der Waals surface area contributed by atoms with E-state index >= 15 is 0 Å². The number of hydrogen-bond acceptors (Lipinski definition) is 3. The summed E-state index contributed by atoms with van der Waals surface area (Å²) in [4.78, 5) is 14.4. The van der Waals surface area contributed by atoms with Gasteiger partial charge < -0.3 is 19.9 Å². The van der Waals surface area contributed by atoms with Crippen LogP contribution in [-0.4, -0.2) is 41.7 Å². The van der Waals surface area contributed by atoms with Crippen LogP contribution < -0.4 is 5.73 Å². The summed E-state index contributed by atoms with van der Waals surface area (Å²) in [5.41, 5.74) is 7.15. The Kier molecular flexibility index (Phi) is 4.47. The normalized spacial score (nSPS) is 16.5. The molecule has 0 saturated carbocycles. The fraction of sp³-hybridized carbons (Fsp3) is 0.643. The fourth-order valence-electron chi connectivity index (χ4n) is 2.56. The van der Waals surface area contributed by atoms with E-state index in [1.807, 2.05) is 22.7 Å². The molecule has 0 spiro atoms. The SMILES string of the molecule is CCCn1cc(N)cc1C(=O)N(C)C1CCOCC1. The van der Waals surface area contributed by atoms with Gasteiger partial charge in [0.15, 0.2) is 0 Å². The molecule has 2 N–H and O–H groups in total. The molecule has 106 valence electrons. The van der Waals surface area contributed by atoms with Gasteiger partial charge in [0.05, 0.1) is 5.69 Å². The zero-order valence-electron chi connectivity index (χ0n) is 11.8. The molecule has 0 aromatic carbocycles. The van der Waals surface area contributed by atoms with Crippen LogP contribution in [-0.2, 0) is 11.3 Å². The first-order chi connectivity index (χ1) is 9.13. The smallest absolute Gasteiger partial charge is 0.270 e. The predicted molar refractivity (Wildman–Crippen MR) is 75.1 cm³/mol. The van der Waals surface area contributed by atoms with Crippen LogP contribution in [0.3, 0.4) is 0 Å². The molecular weight excluding hydrogens is 242 g/mol. The highest BCUT2D eigenvalue weighted by Crippen LogP contribution is 2.18. The minimum Gasteiger partial charge on any atom is -0.397 e. The minimum absolute atomic E-state index is 0.0528. The van der Waals surface area contributed by atoms with E-state index in [4.69, 9.17) is 10.5 Å². The summed E-state index contributed by atoms with van der Waals surface area (Å²) >= 11 is 0. The molecule has 1 saturated heterocycles. The lowest BCUT2D eigenvalue weighted by Gasteiger charge is -2.31. The van der Waals surface area contributed by atoms with E-state index in [9.17, 15) is 4.79 Å². The second-order valence-electron chi connectivity index (χ2n) is 5.11. The number of carbonyl (C=O) groups is 1. The molecule has 1 fully saturated rings. The standard InChI is InChI=1S/C14H23N3O2/c1-3-6-17-10-11(15)9-13(17)14(18)16(2)12-4-7-19-8-5-12/h9-10,12H,3-8,15H2,1-2H3. The number of nitrogens with two attached hydrogens (primary N) is 1. The van der Waals surface area contributed by atoms with E-state index in [-0.39, 0.29) is 11.9 Å². The quantitative estimate of drug-likeness (QED) is 0.902. The third-order valence-electron chi connectivity index (χ3n) is 3.66. The minimum atomic E-state index is 0.0528. The topological polar surface area (TPSA) is 60.5 Å². The van der Waals surface area contributed by atoms with Crippen molar-refractivity contribution in [2.24, 2.45) is 0 Å². The molecule has 1 aliphatic rings. The molecule has 1 aromatic rings. The Hall–Kier alpha value is -1.49. The molecular formula is C14H23N3O2. The maximum absolute atomic E-state index is 12.6. The number of carbonyl (C=O) groups excluding carboxylic acids is 1. The summed E-state index contributed by atoms with van der Waals surface area (Å²) in [5, 5.41) is 0. The van der Waals surface area contributed by atoms with Gasteiger partial charge in [-0.2, -0.15) is 0 Å². The van der Waals surface area contributed by atoms with Gasteiger partial charge in [0.25, 0.3) is 5.91 Å². The molecule has 0 unspecified atom stereocenters. The Balaban J connectivity index is 2.13. The van der Waals surface area contributed by atoms with Crippen LogP contribution in [0.2, 0.25) is 0 Å². The molecule has 5 heteroatoms. The van der Waals surface area contributed by atoms with Crippen molar-refractivity contribution >= 4 is 11.6 Å². The number of hydrogen-bond donors (Lipinski definition) is 1. The van der Waals surface area contributed by atoms with Crippen molar-refractivity contribution in [2.75, 3.05) is 26.0 Å². The molecule has 0 bridgehead atoms. The molecule has 19 heavy (non-hydrogen) atoms. The highest BCUT2D eigenvalue weighted by atomic mass is 16.5. The first-order valence-electron chi connectivity index (χ1n) is 6.94. The number of aromatic nitrogens is 1. The monoisotopic (exact) mass is 265 g/mol. The van der Waals surface area contributed by atoms with E-state index in [1.165, 1.54) is 0 Å². The Labute approximate surface area is 114 Å². The zero-order chi connectivity index (χ0) is 13.8. The molecule has 0 radical (unpaired) electrons. The second kappa shape index (κ2) is 6.10. The molecule has 2 heterocycles. The van der Waals surface area contributed by atoms with Crippen molar-refractivity contribution in [2.45, 2.75) is 38.8 Å². The predicted octanol–water partition coefficient (Wildman–Crippen LogP) is 1.73. The van der Waals surface area contributed by atoms with Gasteiger partial charge in [0.1, 0.15) is 5.69 Å². The van der Waals surface area contributed by atoms with E-state index in [0.29, 0.717) is 11.4 Å². The van der Waals surface area contributed by atoms with Gasteiger partial charge in [-0.15, -0.1) is 0 Å². The number of nitrogens with zero attached hydrogens (tertiary/aromatic N) is 2. The van der Waals surface area contributed by atoms with Crippen molar-refractivity contribution in [1.29, 1.82) is 0 Å². The molecule has 1 amide bonds. The maximum atomic E-state index is 12.6. The molecule has 2 rings (SSSR count). The van der Waals surface area contributed by atoms with Crippen molar-refractivity contribution in [3.8, 4) is 0 Å². The van der Waals surface area contributed by atoms with Gasteiger partial charge in [0, 0.05) is 39.0 Å². The Morgan fingerprint density at radius 1 is 1.53 bits per heavy atom. The second-order valence-corrected chi connectivity index (χ2v) is 5.11. The molecule has 0 atom stereocenters. The average molecular weight is 265 g/mol. The van der Waals surface area contributed by atoms with Crippen LogP contribution in [0.15, 0.2) is 12.3 Å². The van der Waals surface area contributed by atoms with Gasteiger partial charge in [-0.05, 0) is 25.3 Å². The lowest BCUT2D eigenvalue weighted by molar-refractivity contribution is 0.0356. The van der Waals surface area contributed by atoms with Crippen LogP contribution in [0.5, 0.6) is 0 Å². The molecule has 5 nitrogen and oxygen atoms in total. The van der Waals surface area contributed by atoms with Gasteiger partial charge in [0.2, 0.25) is 0 Å². The Morgan fingerprint density at radius 2 is 2.21 bits per heavy atom. The van der Waals surface area contributed by atoms with Crippen molar-refractivity contribution in [3.05, 3.63) is 18.0 Å². The summed E-state index contributed by atoms with van der Waals surface area (Å²) in [6, 6.07) is 2.04. The molecule has 1 aliphatic heterocycles. The van der Waals surface area contributed by atoms with E-state index in [0.717, 1.165) is 39.0 Å². The number of anilines is 1. The van der Waals surface area contributed by atoms with Gasteiger partial charge in [-0.1, -0.05) is 6.92 Å².